The summed E-state index contributed by atoms with van der Waals surface area (Å²) >= 11 is 0.105. The molecule has 1 aromatic carbocycles. The number of hydrogen-bond donors (Lipinski definition) is 1. The van der Waals surface area contributed by atoms with Gasteiger partial charge < -0.3 is 5.32 Å². The van der Waals surface area contributed by atoms with Crippen molar-refractivity contribution in [3.63, 3.8) is 0 Å². The first-order valence-electron chi connectivity index (χ1n) is 5.39. The Kier molecular flexibility index (Phi) is 2.63. The Hall–Kier alpha value is -0.970. The third-order valence-corrected chi connectivity index (χ3v) is 4.60. The van der Waals surface area contributed by atoms with E-state index in [1.165, 1.54) is 10.4 Å². The van der Waals surface area contributed by atoms with Gasteiger partial charge in [-0.15, -0.1) is 0 Å². The summed E-state index contributed by atoms with van der Waals surface area (Å²) in [5.74, 6) is 0.445. The van der Waals surface area contributed by atoms with E-state index >= 15 is 0 Å². The van der Waals surface area contributed by atoms with Gasteiger partial charge in [-0.3, -0.25) is 4.79 Å². The monoisotopic (exact) mass is 325 g/mol. The number of amides is 1. The molecule has 0 spiro atoms. The quantitative estimate of drug-likeness (QED) is 0.817. The lowest BCUT2D eigenvalue weighted by atomic mass is 10.2. The number of hydrogen-bond acceptors (Lipinski definition) is 1. The molecule has 0 atom stereocenters. The van der Waals surface area contributed by atoms with Gasteiger partial charge in [0, 0.05) is 11.6 Å². The van der Waals surface area contributed by atoms with E-state index < -0.39 is 0 Å². The molecule has 1 aromatic rings. The van der Waals surface area contributed by atoms with Crippen molar-refractivity contribution in [3.05, 3.63) is 28.6 Å². The van der Waals surface area contributed by atoms with E-state index in [-0.39, 0.29) is 32.6 Å². The summed E-state index contributed by atoms with van der Waals surface area (Å²) in [4.78, 5) is 11.6. The molecule has 1 heterocycles. The lowest BCUT2D eigenvalue weighted by molar-refractivity contribution is -0.117. The maximum absolute atomic E-state index is 11.6. The van der Waals surface area contributed by atoms with E-state index in [4.69, 9.17) is 0 Å². The van der Waals surface area contributed by atoms with Crippen molar-refractivity contribution in [1.82, 2.24) is 0 Å². The fraction of sp³-hybridized carbons (Fsp3) is 0.231. The molecule has 3 rings (SSSR count). The molecule has 0 unspecified atom stereocenters. The molecular formula is C13H12INO. The first-order valence-corrected chi connectivity index (χ1v) is 7.89. The molecule has 82 valence electrons. The molecule has 1 fully saturated rings. The predicted octanol–water partition coefficient (Wildman–Crippen LogP) is 1.34. The zero-order valence-corrected chi connectivity index (χ0v) is 10.9. The second-order valence-electron chi connectivity index (χ2n) is 4.13. The van der Waals surface area contributed by atoms with Gasteiger partial charge in [-0.05, 0) is 49.6 Å². The maximum Gasteiger partial charge on any atom is 0.227 e. The number of anilines is 1. The van der Waals surface area contributed by atoms with Crippen LogP contribution in [0, 0.1) is 5.92 Å². The highest BCUT2D eigenvalue weighted by atomic mass is 127. The van der Waals surface area contributed by atoms with Crippen LogP contribution in [0.5, 0.6) is 0 Å². The van der Waals surface area contributed by atoms with Crippen LogP contribution in [0.15, 0.2) is 18.2 Å². The highest BCUT2D eigenvalue weighted by Gasteiger charge is 2.29. The van der Waals surface area contributed by atoms with Crippen LogP contribution in [0.4, 0.5) is 5.69 Å². The fourth-order valence-corrected chi connectivity index (χ4v) is 3.45. The molecule has 1 aliphatic carbocycles. The number of carbonyl (C=O) groups is 1. The van der Waals surface area contributed by atoms with Crippen LogP contribution in [0.2, 0.25) is 0 Å². The van der Waals surface area contributed by atoms with Gasteiger partial charge in [-0.25, -0.2) is 0 Å². The minimum Gasteiger partial charge on any atom is -0.326 e. The molecule has 0 radical (unpaired) electrons. The van der Waals surface area contributed by atoms with Crippen molar-refractivity contribution < 1.29 is 4.79 Å². The minimum absolute atomic E-state index is 0.105. The van der Waals surface area contributed by atoms with E-state index in [1.54, 1.807) is 0 Å². The van der Waals surface area contributed by atoms with Gasteiger partial charge in [-0.2, -0.15) is 0 Å². The Labute approximate surface area is 104 Å². The zero-order valence-electron chi connectivity index (χ0n) is 8.74. The van der Waals surface area contributed by atoms with Crippen molar-refractivity contribution in [2.45, 2.75) is 12.8 Å². The number of benzene rings is 1. The summed E-state index contributed by atoms with van der Waals surface area (Å²) in [7, 11) is 0. The van der Waals surface area contributed by atoms with Gasteiger partial charge in [-0.1, -0.05) is 26.8 Å². The molecule has 0 bridgehead atoms. The highest BCUT2D eigenvalue weighted by Crippen LogP contribution is 2.29. The average Bonchev–Trinajstić information content (AvgIpc) is 3.12. The van der Waals surface area contributed by atoms with E-state index in [2.05, 4.69) is 31.6 Å². The second kappa shape index (κ2) is 4.13. The van der Waals surface area contributed by atoms with Crippen molar-refractivity contribution in [2.75, 3.05) is 5.32 Å². The smallest absolute Gasteiger partial charge is 0.227 e. The Balaban J connectivity index is 1.90. The average molecular weight is 325 g/mol. The van der Waals surface area contributed by atoms with Gasteiger partial charge in [0.15, 0.2) is 0 Å². The van der Waals surface area contributed by atoms with Crippen LogP contribution in [0.25, 0.3) is 10.2 Å². The molecule has 3 heteroatoms. The van der Waals surface area contributed by atoms with Gasteiger partial charge in [0.2, 0.25) is 5.91 Å². The summed E-state index contributed by atoms with van der Waals surface area (Å²) in [5, 5.41) is 5.50. The molecule has 1 saturated carbocycles. The van der Waals surface area contributed by atoms with E-state index in [1.807, 2.05) is 6.07 Å². The Morgan fingerprint density at radius 3 is 3.00 bits per heavy atom. The molecule has 1 amide bonds. The number of halogens is 1. The Morgan fingerprint density at radius 1 is 1.31 bits per heavy atom. The van der Waals surface area contributed by atoms with Crippen LogP contribution < -0.4 is 15.8 Å². The molecule has 0 aromatic heterocycles. The molecule has 2 nitrogen and oxygen atoms in total. The number of rotatable bonds is 2. The van der Waals surface area contributed by atoms with Crippen LogP contribution in [-0.2, 0) is 4.79 Å². The van der Waals surface area contributed by atoms with Crippen molar-refractivity contribution >= 4 is 46.5 Å². The second-order valence-corrected chi connectivity index (χ2v) is 6.20. The van der Waals surface area contributed by atoms with Crippen LogP contribution in [0.3, 0.4) is 0 Å². The predicted molar refractivity (Wildman–Crippen MR) is 76.1 cm³/mol. The first kappa shape index (κ1) is 10.2. The molecule has 2 aliphatic rings. The standard InChI is InChI=1S/C13H12INO/c16-13(9-1-2-9)15-12-4-3-11-8-14-6-5-10(11)7-12/h3-9H,1-2H2,(H,15,16). The number of fused-ring (bicyclic) bond motifs is 1. The molecule has 1 aliphatic heterocycles. The van der Waals surface area contributed by atoms with Gasteiger partial charge in [0.05, 0.1) is 0 Å². The largest absolute Gasteiger partial charge is 0.326 e. The van der Waals surface area contributed by atoms with Crippen LogP contribution >= 0.6 is 20.7 Å². The molecule has 0 saturated heterocycles. The van der Waals surface area contributed by atoms with Gasteiger partial charge >= 0.3 is 0 Å². The van der Waals surface area contributed by atoms with E-state index in [9.17, 15) is 4.79 Å². The van der Waals surface area contributed by atoms with Crippen molar-refractivity contribution in [2.24, 2.45) is 5.92 Å². The van der Waals surface area contributed by atoms with Crippen LogP contribution in [0.1, 0.15) is 12.8 Å². The number of carbonyl (C=O) groups excluding carboxylic acids is 1. The molecule has 16 heavy (non-hydrogen) atoms. The summed E-state index contributed by atoms with van der Waals surface area (Å²) < 4.78 is 4.55. The summed E-state index contributed by atoms with van der Waals surface area (Å²) in [6, 6.07) is 6.16. The minimum atomic E-state index is 0.105. The fourth-order valence-electron chi connectivity index (χ4n) is 1.69. The zero-order chi connectivity index (χ0) is 11.0. The number of nitrogens with one attached hydrogen (secondary N) is 1. The molecule has 1 N–H and O–H groups in total. The van der Waals surface area contributed by atoms with E-state index in [0.717, 1.165) is 18.5 Å². The highest BCUT2D eigenvalue weighted by molar-refractivity contribution is 14.2. The van der Waals surface area contributed by atoms with Crippen molar-refractivity contribution in [3.8, 4) is 0 Å². The van der Waals surface area contributed by atoms with E-state index in [0.29, 0.717) is 0 Å². The lowest BCUT2D eigenvalue weighted by Crippen LogP contribution is -2.26. The van der Waals surface area contributed by atoms with Gasteiger partial charge in [0.1, 0.15) is 0 Å². The SMILES string of the molecule is O=C(Nc1ccc2c(c1)=CC=IC=2)C1CC1. The Bertz CT molecular complexity index is 584. The van der Waals surface area contributed by atoms with Crippen LogP contribution in [-0.4, -0.2) is 9.92 Å². The topological polar surface area (TPSA) is 29.1 Å². The maximum atomic E-state index is 11.6. The summed E-state index contributed by atoms with van der Waals surface area (Å²) in [5.41, 5.74) is 0.925. The first-order chi connectivity index (χ1) is 7.83. The lowest BCUT2D eigenvalue weighted by Gasteiger charge is -2.04. The third kappa shape index (κ3) is 2.09. The van der Waals surface area contributed by atoms with Gasteiger partial charge in [0.25, 0.3) is 0 Å². The summed E-state index contributed by atoms with van der Waals surface area (Å²) in [6.45, 7) is 0. The third-order valence-electron chi connectivity index (χ3n) is 2.80. The Morgan fingerprint density at radius 2 is 2.19 bits per heavy atom. The molecular weight excluding hydrogens is 313 g/mol. The van der Waals surface area contributed by atoms with Crippen molar-refractivity contribution in [1.29, 1.82) is 0 Å². The normalized spacial score (nSPS) is 17.5. The summed E-state index contributed by atoms with van der Waals surface area (Å²) in [6.07, 6.45) is 4.26.